The number of hydrogen-bond acceptors (Lipinski definition) is 5. The molecule has 0 unspecified atom stereocenters. The number of ether oxygens (including phenoxy) is 2. The van der Waals surface area contributed by atoms with E-state index in [0.29, 0.717) is 19.4 Å². The van der Waals surface area contributed by atoms with Gasteiger partial charge < -0.3 is 9.47 Å². The molecule has 0 aliphatic carbocycles. The van der Waals surface area contributed by atoms with E-state index in [4.69, 9.17) is 4.74 Å². The van der Waals surface area contributed by atoms with E-state index < -0.39 is 0 Å². The molecule has 0 bridgehead atoms. The Balaban J connectivity index is 0. The van der Waals surface area contributed by atoms with Crippen molar-refractivity contribution in [2.24, 2.45) is 5.92 Å². The van der Waals surface area contributed by atoms with Gasteiger partial charge in [-0.3, -0.25) is 14.4 Å². The largest absolute Gasteiger partial charge is 0.465 e. The smallest absolute Gasteiger partial charge is 0.313 e. The Hall–Kier alpha value is -1.39. The lowest BCUT2D eigenvalue weighted by atomic mass is 10.1. The molecule has 0 N–H and O–H groups in total. The standard InChI is InChI=1S/C14H26O3.C13H26O2/c1-3-5-6-7-8-9-10-12-14(16)17-13(15)11-4-2;1-4-5-6-7-8-9-10-11-15-13(14)12(2)3/h3-12H2,1-2H3;12H,4-11H2,1-3H3. The predicted molar refractivity (Wildman–Crippen MR) is 132 cm³/mol. The van der Waals surface area contributed by atoms with E-state index in [0.717, 1.165) is 25.7 Å². The number of carbonyl (C=O) groups is 3. The fourth-order valence-corrected chi connectivity index (χ4v) is 3.06. The average Bonchev–Trinajstić information content (AvgIpc) is 2.75. The van der Waals surface area contributed by atoms with Gasteiger partial charge in [0.25, 0.3) is 0 Å². The molecule has 0 aliphatic rings. The summed E-state index contributed by atoms with van der Waals surface area (Å²) in [6, 6.07) is 0. The van der Waals surface area contributed by atoms with Gasteiger partial charge in [0.2, 0.25) is 0 Å². The minimum atomic E-state index is -0.388. The fourth-order valence-electron chi connectivity index (χ4n) is 3.06. The second-order valence-electron chi connectivity index (χ2n) is 8.91. The second-order valence-corrected chi connectivity index (χ2v) is 8.91. The number of carbonyl (C=O) groups excluding carboxylic acids is 3. The molecule has 0 amide bonds. The van der Waals surface area contributed by atoms with Gasteiger partial charge in [-0.25, -0.2) is 0 Å². The fraction of sp³-hybridized carbons (Fsp3) is 0.889. The molecule has 0 saturated carbocycles. The van der Waals surface area contributed by atoms with Gasteiger partial charge in [0.1, 0.15) is 0 Å². The van der Waals surface area contributed by atoms with Crippen LogP contribution in [0, 0.1) is 5.92 Å². The Labute approximate surface area is 198 Å². The van der Waals surface area contributed by atoms with Gasteiger partial charge in [-0.2, -0.15) is 0 Å². The highest BCUT2D eigenvalue weighted by molar-refractivity contribution is 5.85. The number of hydrogen-bond donors (Lipinski definition) is 0. The zero-order chi connectivity index (χ0) is 24.5. The maximum Gasteiger partial charge on any atom is 0.313 e. The molecule has 0 heterocycles. The molecule has 0 aliphatic heterocycles. The first-order valence-electron chi connectivity index (χ1n) is 13.3. The van der Waals surface area contributed by atoms with Crippen LogP contribution in [0.1, 0.15) is 144 Å². The molecule has 0 spiro atoms. The van der Waals surface area contributed by atoms with Crippen molar-refractivity contribution in [2.75, 3.05) is 6.61 Å². The summed E-state index contributed by atoms with van der Waals surface area (Å²) in [4.78, 5) is 33.3. The van der Waals surface area contributed by atoms with E-state index >= 15 is 0 Å². The van der Waals surface area contributed by atoms with Gasteiger partial charge in [0.05, 0.1) is 12.5 Å². The Morgan fingerprint density at radius 3 is 1.47 bits per heavy atom. The lowest BCUT2D eigenvalue weighted by Gasteiger charge is -2.06. The number of unbranched alkanes of at least 4 members (excludes halogenated alkanes) is 12. The molecular formula is C27H52O5. The average molecular weight is 457 g/mol. The maximum atomic E-state index is 11.2. The minimum absolute atomic E-state index is 0.00885. The van der Waals surface area contributed by atoms with Crippen molar-refractivity contribution in [1.29, 1.82) is 0 Å². The third-order valence-electron chi connectivity index (χ3n) is 5.13. The molecule has 0 rings (SSSR count). The lowest BCUT2D eigenvalue weighted by molar-refractivity contribution is -0.159. The van der Waals surface area contributed by atoms with Crippen LogP contribution in [0.25, 0.3) is 0 Å². The Morgan fingerprint density at radius 2 is 1.00 bits per heavy atom. The van der Waals surface area contributed by atoms with Crippen LogP contribution < -0.4 is 0 Å². The van der Waals surface area contributed by atoms with Gasteiger partial charge in [-0.1, -0.05) is 112 Å². The maximum absolute atomic E-state index is 11.2. The normalized spacial score (nSPS) is 10.4. The number of esters is 3. The SMILES string of the molecule is CCCCCCCCCC(=O)OC(=O)CCC.CCCCCCCCCOC(=O)C(C)C. The van der Waals surface area contributed by atoms with Gasteiger partial charge in [-0.05, 0) is 19.3 Å². The highest BCUT2D eigenvalue weighted by atomic mass is 16.6. The first-order chi connectivity index (χ1) is 15.4. The van der Waals surface area contributed by atoms with Gasteiger partial charge >= 0.3 is 17.9 Å². The molecule has 190 valence electrons. The van der Waals surface area contributed by atoms with Gasteiger partial charge in [0, 0.05) is 12.8 Å². The highest BCUT2D eigenvalue weighted by Gasteiger charge is 2.08. The summed E-state index contributed by atoms with van der Waals surface area (Å²) in [6.45, 7) is 10.7. The van der Waals surface area contributed by atoms with Crippen LogP contribution >= 0.6 is 0 Å². The molecule has 0 radical (unpaired) electrons. The summed E-state index contributed by atoms with van der Waals surface area (Å²) in [6.07, 6.45) is 18.4. The van der Waals surface area contributed by atoms with E-state index in [9.17, 15) is 14.4 Å². The summed E-state index contributed by atoms with van der Waals surface area (Å²) < 4.78 is 9.75. The Morgan fingerprint density at radius 1 is 0.562 bits per heavy atom. The molecule has 0 fully saturated rings. The zero-order valence-corrected chi connectivity index (χ0v) is 21.8. The van der Waals surface area contributed by atoms with Crippen molar-refractivity contribution < 1.29 is 23.9 Å². The third kappa shape index (κ3) is 26.6. The monoisotopic (exact) mass is 456 g/mol. The summed E-state index contributed by atoms with van der Waals surface area (Å²) >= 11 is 0. The molecule has 32 heavy (non-hydrogen) atoms. The molecule has 0 saturated heterocycles. The van der Waals surface area contributed by atoms with Crippen LogP contribution in [0.5, 0.6) is 0 Å². The number of rotatable bonds is 19. The van der Waals surface area contributed by atoms with Gasteiger partial charge in [0.15, 0.2) is 0 Å². The quantitative estimate of drug-likeness (QED) is 0.112. The first-order valence-corrected chi connectivity index (χ1v) is 13.3. The molecule has 5 nitrogen and oxygen atoms in total. The van der Waals surface area contributed by atoms with Crippen molar-refractivity contribution >= 4 is 17.9 Å². The van der Waals surface area contributed by atoms with Crippen molar-refractivity contribution in [3.8, 4) is 0 Å². The molecule has 0 atom stereocenters. The lowest BCUT2D eigenvalue weighted by Crippen LogP contribution is -2.12. The summed E-state index contributed by atoms with van der Waals surface area (Å²) in [5.41, 5.74) is 0. The van der Waals surface area contributed by atoms with Crippen molar-refractivity contribution in [3.05, 3.63) is 0 Å². The van der Waals surface area contributed by atoms with Crippen molar-refractivity contribution in [2.45, 2.75) is 144 Å². The molecule has 0 aromatic rings. The topological polar surface area (TPSA) is 69.7 Å². The summed E-state index contributed by atoms with van der Waals surface area (Å²) in [7, 11) is 0. The predicted octanol–water partition coefficient (Wildman–Crippen LogP) is 7.93. The van der Waals surface area contributed by atoms with E-state index in [2.05, 4.69) is 18.6 Å². The van der Waals surface area contributed by atoms with Crippen molar-refractivity contribution in [3.63, 3.8) is 0 Å². The van der Waals surface area contributed by atoms with E-state index in [1.807, 2.05) is 20.8 Å². The molecular weight excluding hydrogens is 404 g/mol. The third-order valence-corrected chi connectivity index (χ3v) is 5.13. The Bertz CT molecular complexity index is 445. The van der Waals surface area contributed by atoms with Crippen molar-refractivity contribution in [1.82, 2.24) is 0 Å². The summed E-state index contributed by atoms with van der Waals surface area (Å²) in [5.74, 6) is -0.812. The summed E-state index contributed by atoms with van der Waals surface area (Å²) in [5, 5.41) is 0. The zero-order valence-electron chi connectivity index (χ0n) is 21.8. The van der Waals surface area contributed by atoms with E-state index in [1.165, 1.54) is 70.6 Å². The van der Waals surface area contributed by atoms with E-state index in [-0.39, 0.29) is 23.8 Å². The second kappa shape index (κ2) is 25.9. The van der Waals surface area contributed by atoms with E-state index in [1.54, 1.807) is 0 Å². The molecule has 0 aromatic heterocycles. The molecule has 0 aromatic carbocycles. The van der Waals surface area contributed by atoms with Crippen LogP contribution in [0.2, 0.25) is 0 Å². The van der Waals surface area contributed by atoms with Gasteiger partial charge in [-0.15, -0.1) is 0 Å². The van der Waals surface area contributed by atoms with Crippen LogP contribution in [-0.4, -0.2) is 24.5 Å². The highest BCUT2D eigenvalue weighted by Crippen LogP contribution is 2.09. The van der Waals surface area contributed by atoms with Crippen LogP contribution in [0.3, 0.4) is 0 Å². The first kappa shape index (κ1) is 32.8. The van der Waals surface area contributed by atoms with Crippen LogP contribution in [-0.2, 0) is 23.9 Å². The van der Waals surface area contributed by atoms with Crippen LogP contribution in [0.15, 0.2) is 0 Å². The molecule has 5 heteroatoms. The van der Waals surface area contributed by atoms with Crippen LogP contribution in [0.4, 0.5) is 0 Å². The Kier molecular flexibility index (Phi) is 26.5. The minimum Gasteiger partial charge on any atom is -0.465 e.